The summed E-state index contributed by atoms with van der Waals surface area (Å²) in [6.07, 6.45) is 10.6. The molecule has 0 atom stereocenters. The van der Waals surface area contributed by atoms with Crippen LogP contribution in [0.15, 0.2) is 53.5 Å². The molecule has 6 rings (SSSR count). The van der Waals surface area contributed by atoms with E-state index in [-0.39, 0.29) is 5.91 Å². The van der Waals surface area contributed by atoms with Gasteiger partial charge in [0.2, 0.25) is 5.91 Å². The van der Waals surface area contributed by atoms with Gasteiger partial charge < -0.3 is 15.1 Å². The van der Waals surface area contributed by atoms with Crippen molar-refractivity contribution >= 4 is 22.6 Å². The van der Waals surface area contributed by atoms with Crippen molar-refractivity contribution < 1.29 is 4.79 Å². The van der Waals surface area contributed by atoms with Crippen molar-refractivity contribution in [2.45, 2.75) is 52.0 Å². The number of carbonyl (C=O) groups is 1. The fourth-order valence-corrected chi connectivity index (χ4v) is 6.20. The molecule has 37 heavy (non-hydrogen) atoms. The molecule has 1 saturated heterocycles. The zero-order chi connectivity index (χ0) is 25.4. The molecule has 1 aliphatic carbocycles. The first-order valence-electron chi connectivity index (χ1n) is 13.6. The van der Waals surface area contributed by atoms with Gasteiger partial charge in [-0.05, 0) is 94.5 Å². The highest BCUT2D eigenvalue weighted by atomic mass is 16.2. The second kappa shape index (κ2) is 10.1. The van der Waals surface area contributed by atoms with Gasteiger partial charge in [0.15, 0.2) is 0 Å². The summed E-state index contributed by atoms with van der Waals surface area (Å²) >= 11 is 0. The highest BCUT2D eigenvalue weighted by molar-refractivity contribution is 5.96. The number of piperidine rings is 1. The fourth-order valence-electron chi connectivity index (χ4n) is 6.20. The van der Waals surface area contributed by atoms with Crippen LogP contribution in [0.25, 0.3) is 22.2 Å². The number of aromatic amines is 1. The smallest absolute Gasteiger partial charge is 0.250 e. The summed E-state index contributed by atoms with van der Waals surface area (Å²) in [6, 6.07) is 6.64. The van der Waals surface area contributed by atoms with Crippen LogP contribution in [0.1, 0.15) is 44.6 Å². The number of amides is 1. The number of hydrogen-bond donors (Lipinski definition) is 2. The van der Waals surface area contributed by atoms with E-state index in [4.69, 9.17) is 4.98 Å². The van der Waals surface area contributed by atoms with Crippen molar-refractivity contribution in [3.05, 3.63) is 59.1 Å². The molecule has 0 radical (unpaired) electrons. The van der Waals surface area contributed by atoms with Gasteiger partial charge in [-0.3, -0.25) is 9.89 Å². The lowest BCUT2D eigenvalue weighted by Gasteiger charge is -2.37. The maximum absolute atomic E-state index is 13.6. The molecule has 8 heteroatoms. The van der Waals surface area contributed by atoms with Crippen molar-refractivity contribution in [1.29, 1.82) is 0 Å². The first-order chi connectivity index (χ1) is 18.1. The van der Waals surface area contributed by atoms with Crippen LogP contribution in [0.3, 0.4) is 0 Å². The largest absolute Gasteiger partial charge is 0.351 e. The molecule has 3 aromatic rings. The second-order valence-corrected chi connectivity index (χ2v) is 10.4. The van der Waals surface area contributed by atoms with Gasteiger partial charge in [-0.25, -0.2) is 9.97 Å². The number of rotatable bonds is 5. The quantitative estimate of drug-likeness (QED) is 0.550. The molecule has 0 bridgehead atoms. The van der Waals surface area contributed by atoms with E-state index in [1.807, 2.05) is 6.07 Å². The Morgan fingerprint density at radius 1 is 1.16 bits per heavy atom. The summed E-state index contributed by atoms with van der Waals surface area (Å²) in [4.78, 5) is 27.4. The third-order valence-corrected chi connectivity index (χ3v) is 8.19. The minimum atomic E-state index is 0.227. The van der Waals surface area contributed by atoms with Crippen molar-refractivity contribution in [2.75, 3.05) is 37.6 Å². The fraction of sp³-hybridized carbons (Fsp3) is 0.448. The maximum Gasteiger partial charge on any atom is 0.250 e. The SMILES string of the molecule is CCN(C(=O)C1=CC2=C(CC1)CCN(c1ncnc3c(C)cc(-c4ccn[nH]4)cc13)C2)C1CCNCC1. The van der Waals surface area contributed by atoms with Crippen LogP contribution in [0, 0.1) is 6.92 Å². The van der Waals surface area contributed by atoms with E-state index in [0.717, 1.165) is 104 Å². The Bertz CT molecular complexity index is 1370. The molecule has 0 saturated carbocycles. The van der Waals surface area contributed by atoms with Gasteiger partial charge in [-0.15, -0.1) is 0 Å². The monoisotopic (exact) mass is 497 g/mol. The number of carbonyl (C=O) groups excluding carboxylic acids is 1. The number of anilines is 1. The highest BCUT2D eigenvalue weighted by Crippen LogP contribution is 2.36. The van der Waals surface area contributed by atoms with Crippen LogP contribution in [-0.4, -0.2) is 69.7 Å². The molecule has 2 aliphatic heterocycles. The molecule has 8 nitrogen and oxygen atoms in total. The molecular weight excluding hydrogens is 462 g/mol. The Morgan fingerprint density at radius 2 is 2.03 bits per heavy atom. The lowest BCUT2D eigenvalue weighted by Crippen LogP contribution is -2.46. The number of aryl methyl sites for hydroxylation is 1. The number of benzene rings is 1. The van der Waals surface area contributed by atoms with E-state index in [0.29, 0.717) is 6.04 Å². The third kappa shape index (κ3) is 4.55. The molecule has 4 heterocycles. The lowest BCUT2D eigenvalue weighted by molar-refractivity contribution is -0.129. The summed E-state index contributed by atoms with van der Waals surface area (Å²) in [5.74, 6) is 1.18. The number of H-pyrrole nitrogens is 1. The summed E-state index contributed by atoms with van der Waals surface area (Å²) in [5, 5.41) is 11.7. The summed E-state index contributed by atoms with van der Waals surface area (Å²) < 4.78 is 0. The van der Waals surface area contributed by atoms with Crippen LogP contribution in [0.2, 0.25) is 0 Å². The number of nitrogens with one attached hydrogen (secondary N) is 2. The van der Waals surface area contributed by atoms with Crippen LogP contribution in [0.4, 0.5) is 5.82 Å². The first kappa shape index (κ1) is 23.9. The maximum atomic E-state index is 13.6. The number of likely N-dealkylation sites (N-methyl/N-ethyl adjacent to an activating group) is 1. The van der Waals surface area contributed by atoms with Gasteiger partial charge >= 0.3 is 0 Å². The number of aromatic nitrogens is 4. The molecular formula is C29H35N7O. The van der Waals surface area contributed by atoms with Gasteiger partial charge in [0, 0.05) is 48.4 Å². The van der Waals surface area contributed by atoms with Gasteiger partial charge in [0.1, 0.15) is 12.1 Å². The molecule has 192 valence electrons. The first-order valence-corrected chi connectivity index (χ1v) is 13.6. The standard InChI is InChI=1S/C29H35N7O/c1-3-36(24-6-10-30-11-7-24)29(37)21-5-4-20-9-13-35(17-23(20)15-21)28-25-16-22(26-8-12-33-34-26)14-19(2)27(25)31-18-32-28/h8,12,14-16,18,24,30H,3-7,9-11,13,17H2,1-2H3,(H,33,34). The zero-order valence-corrected chi connectivity index (χ0v) is 21.8. The Balaban J connectivity index is 1.29. The van der Waals surface area contributed by atoms with Crippen LogP contribution in [0.5, 0.6) is 0 Å². The molecule has 1 fully saturated rings. The zero-order valence-electron chi connectivity index (χ0n) is 21.8. The average Bonchev–Trinajstić information content (AvgIpc) is 3.48. The van der Waals surface area contributed by atoms with Gasteiger partial charge in [-0.1, -0.05) is 5.57 Å². The predicted molar refractivity (Wildman–Crippen MR) is 146 cm³/mol. The number of nitrogens with zero attached hydrogens (tertiary/aromatic N) is 5. The minimum absolute atomic E-state index is 0.227. The summed E-state index contributed by atoms with van der Waals surface area (Å²) in [7, 11) is 0. The number of fused-ring (bicyclic) bond motifs is 1. The molecule has 2 N–H and O–H groups in total. The molecule has 1 aromatic carbocycles. The Morgan fingerprint density at radius 3 is 2.81 bits per heavy atom. The van der Waals surface area contributed by atoms with E-state index in [1.165, 1.54) is 11.1 Å². The predicted octanol–water partition coefficient (Wildman–Crippen LogP) is 4.16. The highest BCUT2D eigenvalue weighted by Gasteiger charge is 2.30. The number of hydrogen-bond acceptors (Lipinski definition) is 6. The van der Waals surface area contributed by atoms with Crippen molar-refractivity contribution in [2.24, 2.45) is 0 Å². The Hall–Kier alpha value is -3.52. The normalized spacial score (nSPS) is 18.6. The molecule has 2 aromatic heterocycles. The van der Waals surface area contributed by atoms with Gasteiger partial charge in [-0.2, -0.15) is 5.10 Å². The van der Waals surface area contributed by atoms with E-state index >= 15 is 0 Å². The van der Waals surface area contributed by atoms with Gasteiger partial charge in [0.25, 0.3) is 0 Å². The molecule has 3 aliphatic rings. The topological polar surface area (TPSA) is 90.0 Å². The third-order valence-electron chi connectivity index (χ3n) is 8.19. The van der Waals surface area contributed by atoms with Crippen molar-refractivity contribution in [1.82, 2.24) is 30.4 Å². The average molecular weight is 498 g/mol. The summed E-state index contributed by atoms with van der Waals surface area (Å²) in [5.41, 5.74) is 7.90. The molecule has 0 spiro atoms. The van der Waals surface area contributed by atoms with E-state index in [9.17, 15) is 4.79 Å². The Labute approximate surface area is 217 Å². The van der Waals surface area contributed by atoms with E-state index in [2.05, 4.69) is 62.4 Å². The minimum Gasteiger partial charge on any atom is -0.351 e. The Kier molecular flexibility index (Phi) is 6.50. The van der Waals surface area contributed by atoms with Crippen molar-refractivity contribution in [3.8, 4) is 11.3 Å². The molecule has 1 amide bonds. The van der Waals surface area contributed by atoms with Crippen molar-refractivity contribution in [3.63, 3.8) is 0 Å². The van der Waals surface area contributed by atoms with Crippen LogP contribution < -0.4 is 10.2 Å². The molecule has 0 unspecified atom stereocenters. The van der Waals surface area contributed by atoms with E-state index < -0.39 is 0 Å². The summed E-state index contributed by atoms with van der Waals surface area (Å²) in [6.45, 7) is 8.65. The van der Waals surface area contributed by atoms with Crippen LogP contribution >= 0.6 is 0 Å². The van der Waals surface area contributed by atoms with Crippen LogP contribution in [-0.2, 0) is 4.79 Å². The lowest BCUT2D eigenvalue weighted by atomic mass is 9.87. The van der Waals surface area contributed by atoms with Gasteiger partial charge in [0.05, 0.1) is 11.2 Å². The second-order valence-electron chi connectivity index (χ2n) is 10.4. The van der Waals surface area contributed by atoms with E-state index in [1.54, 1.807) is 12.5 Å².